The molecule has 0 bridgehead atoms. The summed E-state index contributed by atoms with van der Waals surface area (Å²) in [6.07, 6.45) is 3.02. The van der Waals surface area contributed by atoms with Gasteiger partial charge in [0.2, 0.25) is 0 Å². The monoisotopic (exact) mass is 302 g/mol. The van der Waals surface area contributed by atoms with Crippen LogP contribution in [0.15, 0.2) is 30.3 Å². The fourth-order valence-corrected chi connectivity index (χ4v) is 3.07. The summed E-state index contributed by atoms with van der Waals surface area (Å²) < 4.78 is 0. The summed E-state index contributed by atoms with van der Waals surface area (Å²) in [6.45, 7) is 6.38. The molecule has 0 N–H and O–H groups in total. The average Bonchev–Trinajstić information content (AvgIpc) is 2.57. The number of hydrogen-bond donors (Lipinski definition) is 0. The molecule has 0 spiro atoms. The van der Waals surface area contributed by atoms with E-state index in [9.17, 15) is 9.59 Å². The Bertz CT molecular complexity index is 489. The van der Waals surface area contributed by atoms with Crippen molar-refractivity contribution in [3.63, 3.8) is 0 Å². The lowest BCUT2D eigenvalue weighted by Crippen LogP contribution is -2.48. The van der Waals surface area contributed by atoms with E-state index in [2.05, 4.69) is 24.3 Å². The summed E-state index contributed by atoms with van der Waals surface area (Å²) in [7, 11) is 0. The third-order valence-corrected chi connectivity index (χ3v) is 4.50. The molecule has 22 heavy (non-hydrogen) atoms. The van der Waals surface area contributed by atoms with Gasteiger partial charge in [-0.05, 0) is 44.6 Å². The third kappa shape index (κ3) is 4.09. The Balaban J connectivity index is 1.84. The summed E-state index contributed by atoms with van der Waals surface area (Å²) in [4.78, 5) is 27.7. The summed E-state index contributed by atoms with van der Waals surface area (Å²) >= 11 is 0. The van der Waals surface area contributed by atoms with Crippen LogP contribution in [0.1, 0.15) is 32.3 Å². The molecule has 0 atom stereocenters. The minimum absolute atomic E-state index is 0.332. The van der Waals surface area contributed by atoms with E-state index in [-0.39, 0.29) is 11.8 Å². The summed E-state index contributed by atoms with van der Waals surface area (Å²) in [6, 6.07) is 10.5. The number of rotatable bonds is 4. The van der Waals surface area contributed by atoms with E-state index in [4.69, 9.17) is 0 Å². The van der Waals surface area contributed by atoms with Gasteiger partial charge in [0.1, 0.15) is 0 Å². The minimum Gasteiger partial charge on any atom is -0.335 e. The van der Waals surface area contributed by atoms with Gasteiger partial charge in [-0.15, -0.1) is 0 Å². The molecule has 1 saturated heterocycles. The lowest BCUT2D eigenvalue weighted by molar-refractivity contribution is -0.152. The van der Waals surface area contributed by atoms with Gasteiger partial charge in [0.05, 0.1) is 0 Å². The Kier molecular flexibility index (Phi) is 5.99. The SMILES string of the molecule is CCN(CC)C(=O)C(=O)N1CCC(Cc2ccccc2)CC1. The van der Waals surface area contributed by atoms with Crippen molar-refractivity contribution in [1.82, 2.24) is 9.80 Å². The Labute approximate surface area is 133 Å². The highest BCUT2D eigenvalue weighted by Gasteiger charge is 2.29. The molecule has 1 aromatic carbocycles. The first kappa shape index (κ1) is 16.5. The maximum Gasteiger partial charge on any atom is 0.312 e. The Morgan fingerprint density at radius 1 is 1.09 bits per heavy atom. The molecule has 1 aromatic rings. The maximum absolute atomic E-state index is 12.3. The van der Waals surface area contributed by atoms with E-state index in [1.54, 1.807) is 9.80 Å². The van der Waals surface area contributed by atoms with Crippen LogP contribution in [0.4, 0.5) is 0 Å². The van der Waals surface area contributed by atoms with Crippen molar-refractivity contribution >= 4 is 11.8 Å². The molecule has 0 saturated carbocycles. The van der Waals surface area contributed by atoms with Gasteiger partial charge < -0.3 is 9.80 Å². The van der Waals surface area contributed by atoms with Gasteiger partial charge in [0.25, 0.3) is 0 Å². The van der Waals surface area contributed by atoms with Gasteiger partial charge in [-0.2, -0.15) is 0 Å². The second-order valence-corrected chi connectivity index (χ2v) is 5.90. The quantitative estimate of drug-likeness (QED) is 0.801. The second-order valence-electron chi connectivity index (χ2n) is 5.90. The van der Waals surface area contributed by atoms with E-state index in [1.807, 2.05) is 19.9 Å². The molecule has 2 amide bonds. The molecule has 1 aliphatic heterocycles. The topological polar surface area (TPSA) is 40.6 Å². The van der Waals surface area contributed by atoms with Crippen molar-refractivity contribution in [2.24, 2.45) is 5.92 Å². The van der Waals surface area contributed by atoms with E-state index < -0.39 is 0 Å². The van der Waals surface area contributed by atoms with Crippen LogP contribution in [0.5, 0.6) is 0 Å². The average molecular weight is 302 g/mol. The number of hydrogen-bond acceptors (Lipinski definition) is 2. The van der Waals surface area contributed by atoms with Crippen molar-refractivity contribution in [2.75, 3.05) is 26.2 Å². The molecule has 1 fully saturated rings. The molecule has 0 aliphatic carbocycles. The Hall–Kier alpha value is -1.84. The van der Waals surface area contributed by atoms with Gasteiger partial charge in [-0.3, -0.25) is 9.59 Å². The molecule has 1 heterocycles. The summed E-state index contributed by atoms with van der Waals surface area (Å²) in [5, 5.41) is 0. The van der Waals surface area contributed by atoms with Crippen LogP contribution in [-0.4, -0.2) is 47.8 Å². The third-order valence-electron chi connectivity index (χ3n) is 4.50. The number of likely N-dealkylation sites (tertiary alicyclic amines) is 1. The highest BCUT2D eigenvalue weighted by molar-refractivity contribution is 6.34. The molecule has 0 radical (unpaired) electrons. The number of piperidine rings is 1. The van der Waals surface area contributed by atoms with Crippen LogP contribution >= 0.6 is 0 Å². The number of benzene rings is 1. The highest BCUT2D eigenvalue weighted by Crippen LogP contribution is 2.21. The van der Waals surface area contributed by atoms with E-state index in [0.29, 0.717) is 32.1 Å². The van der Waals surface area contributed by atoms with Gasteiger partial charge >= 0.3 is 11.8 Å². The van der Waals surface area contributed by atoms with Crippen molar-refractivity contribution in [1.29, 1.82) is 0 Å². The van der Waals surface area contributed by atoms with Crippen LogP contribution in [0.3, 0.4) is 0 Å². The Morgan fingerprint density at radius 2 is 1.68 bits per heavy atom. The fourth-order valence-electron chi connectivity index (χ4n) is 3.07. The zero-order valence-electron chi connectivity index (χ0n) is 13.6. The van der Waals surface area contributed by atoms with Crippen molar-refractivity contribution in [2.45, 2.75) is 33.1 Å². The molecule has 120 valence electrons. The molecular weight excluding hydrogens is 276 g/mol. The number of likely N-dealkylation sites (N-methyl/N-ethyl adjacent to an activating group) is 1. The number of carbonyl (C=O) groups is 2. The summed E-state index contributed by atoms with van der Waals surface area (Å²) in [5.74, 6) is -0.0802. The van der Waals surface area contributed by atoms with Crippen molar-refractivity contribution < 1.29 is 9.59 Å². The van der Waals surface area contributed by atoms with Crippen molar-refractivity contribution in [3.05, 3.63) is 35.9 Å². The van der Waals surface area contributed by atoms with Crippen molar-refractivity contribution in [3.8, 4) is 0 Å². The molecule has 4 nitrogen and oxygen atoms in total. The number of carbonyl (C=O) groups excluding carboxylic acids is 2. The molecular formula is C18H26N2O2. The standard InChI is InChI=1S/C18H26N2O2/c1-3-19(4-2)17(21)18(22)20-12-10-16(11-13-20)14-15-8-6-5-7-9-15/h5-9,16H,3-4,10-14H2,1-2H3. The van der Waals surface area contributed by atoms with Crippen LogP contribution in [0.2, 0.25) is 0 Å². The molecule has 0 unspecified atom stereocenters. The first-order chi connectivity index (χ1) is 10.7. The van der Waals surface area contributed by atoms with Crippen LogP contribution in [0, 0.1) is 5.92 Å². The lowest BCUT2D eigenvalue weighted by atomic mass is 9.90. The largest absolute Gasteiger partial charge is 0.335 e. The first-order valence-corrected chi connectivity index (χ1v) is 8.27. The van der Waals surface area contributed by atoms with Gasteiger partial charge in [-0.1, -0.05) is 30.3 Å². The summed E-state index contributed by atoms with van der Waals surface area (Å²) in [5.41, 5.74) is 1.35. The van der Waals surface area contributed by atoms with Gasteiger partial charge in [0.15, 0.2) is 0 Å². The highest BCUT2D eigenvalue weighted by atomic mass is 16.2. The van der Waals surface area contributed by atoms with Gasteiger partial charge in [-0.25, -0.2) is 0 Å². The maximum atomic E-state index is 12.3. The molecule has 4 heteroatoms. The van der Waals surface area contributed by atoms with E-state index in [1.165, 1.54) is 5.56 Å². The molecule has 1 aliphatic rings. The van der Waals surface area contributed by atoms with Crippen LogP contribution in [0.25, 0.3) is 0 Å². The van der Waals surface area contributed by atoms with E-state index >= 15 is 0 Å². The first-order valence-electron chi connectivity index (χ1n) is 8.27. The zero-order chi connectivity index (χ0) is 15.9. The van der Waals surface area contributed by atoms with Gasteiger partial charge in [0, 0.05) is 26.2 Å². The Morgan fingerprint density at radius 3 is 2.23 bits per heavy atom. The normalized spacial score (nSPS) is 15.6. The predicted octanol–water partition coefficient (Wildman–Crippen LogP) is 2.34. The number of amides is 2. The smallest absolute Gasteiger partial charge is 0.312 e. The zero-order valence-corrected chi connectivity index (χ0v) is 13.6. The minimum atomic E-state index is -0.355. The van der Waals surface area contributed by atoms with Crippen LogP contribution < -0.4 is 0 Å². The van der Waals surface area contributed by atoms with E-state index in [0.717, 1.165) is 19.3 Å². The second kappa shape index (κ2) is 7.97. The fraction of sp³-hybridized carbons (Fsp3) is 0.556. The molecule has 2 rings (SSSR count). The number of nitrogens with zero attached hydrogens (tertiary/aromatic N) is 2. The van der Waals surface area contributed by atoms with Crippen LogP contribution in [-0.2, 0) is 16.0 Å². The molecule has 0 aromatic heterocycles. The lowest BCUT2D eigenvalue weighted by Gasteiger charge is -2.32. The predicted molar refractivity (Wildman–Crippen MR) is 87.4 cm³/mol.